The lowest BCUT2D eigenvalue weighted by atomic mass is 10.1. The van der Waals surface area contributed by atoms with E-state index < -0.39 is 0 Å². The summed E-state index contributed by atoms with van der Waals surface area (Å²) < 4.78 is 0. The van der Waals surface area contributed by atoms with Crippen molar-refractivity contribution < 1.29 is 9.59 Å². The van der Waals surface area contributed by atoms with Crippen LogP contribution in [0.4, 0.5) is 17.2 Å². The Kier molecular flexibility index (Phi) is 5.24. The monoisotopic (exact) mass is 356 g/mol. The highest BCUT2D eigenvalue weighted by Crippen LogP contribution is 2.18. The van der Waals surface area contributed by atoms with Gasteiger partial charge in [-0.2, -0.15) is 5.26 Å². The molecule has 3 aromatic rings. The van der Waals surface area contributed by atoms with Gasteiger partial charge in [0, 0.05) is 28.7 Å². The molecule has 6 nitrogen and oxygen atoms in total. The lowest BCUT2D eigenvalue weighted by Crippen LogP contribution is -2.12. The summed E-state index contributed by atoms with van der Waals surface area (Å²) in [6.45, 7) is 1.48. The van der Waals surface area contributed by atoms with Gasteiger partial charge in [-0.25, -0.2) is 4.98 Å². The Labute approximate surface area is 156 Å². The number of pyridine rings is 1. The van der Waals surface area contributed by atoms with Gasteiger partial charge in [-0.15, -0.1) is 0 Å². The molecule has 0 saturated carbocycles. The molecule has 6 heteroatoms. The van der Waals surface area contributed by atoms with E-state index in [1.165, 1.54) is 13.1 Å². The van der Waals surface area contributed by atoms with Crippen molar-refractivity contribution in [1.82, 2.24) is 4.98 Å². The first kappa shape index (κ1) is 17.8. The van der Waals surface area contributed by atoms with Gasteiger partial charge < -0.3 is 10.6 Å². The molecule has 27 heavy (non-hydrogen) atoms. The summed E-state index contributed by atoms with van der Waals surface area (Å²) in [5.74, 6) is 0.100. The molecule has 0 aliphatic carbocycles. The third-order valence-electron chi connectivity index (χ3n) is 3.81. The van der Waals surface area contributed by atoms with Crippen molar-refractivity contribution in [1.29, 1.82) is 5.26 Å². The van der Waals surface area contributed by atoms with Gasteiger partial charge in [-0.3, -0.25) is 9.59 Å². The fourth-order valence-corrected chi connectivity index (χ4v) is 2.47. The summed E-state index contributed by atoms with van der Waals surface area (Å²) in [6, 6.07) is 19.0. The van der Waals surface area contributed by atoms with Gasteiger partial charge in [0.05, 0.1) is 11.6 Å². The maximum atomic E-state index is 12.5. The minimum Gasteiger partial charge on any atom is -0.340 e. The number of carbonyl (C=O) groups excluding carboxylic acids is 2. The summed E-state index contributed by atoms with van der Waals surface area (Å²) in [4.78, 5) is 28.2. The van der Waals surface area contributed by atoms with Crippen LogP contribution < -0.4 is 10.6 Å². The standard InChI is InChI=1S/C21H16N4O2/c1-14(26)16-5-3-7-19(11-16)25-21(27)17-8-9-23-20(12-17)24-18-6-2-4-15(10-18)13-22/h2-12H,1H3,(H,23,24)(H,25,27). The molecule has 0 atom stereocenters. The number of carbonyl (C=O) groups is 2. The van der Waals surface area contributed by atoms with Crippen LogP contribution in [0.3, 0.4) is 0 Å². The largest absolute Gasteiger partial charge is 0.340 e. The summed E-state index contributed by atoms with van der Waals surface area (Å²) in [6.07, 6.45) is 1.53. The number of ketones is 1. The molecule has 0 aliphatic rings. The summed E-state index contributed by atoms with van der Waals surface area (Å²) in [5, 5.41) is 14.8. The number of benzene rings is 2. The Bertz CT molecular complexity index is 1050. The second-order valence-electron chi connectivity index (χ2n) is 5.84. The topological polar surface area (TPSA) is 94.9 Å². The van der Waals surface area contributed by atoms with E-state index in [0.29, 0.717) is 33.9 Å². The Balaban J connectivity index is 1.76. The molecule has 1 amide bonds. The lowest BCUT2D eigenvalue weighted by Gasteiger charge is -2.09. The van der Waals surface area contributed by atoms with Crippen LogP contribution in [0.2, 0.25) is 0 Å². The molecular formula is C21H16N4O2. The van der Waals surface area contributed by atoms with Crippen molar-refractivity contribution in [2.24, 2.45) is 0 Å². The number of nitrogens with zero attached hydrogens (tertiary/aromatic N) is 2. The van der Waals surface area contributed by atoms with Gasteiger partial charge in [0.2, 0.25) is 0 Å². The minimum atomic E-state index is -0.313. The average Bonchev–Trinajstić information content (AvgIpc) is 2.68. The fraction of sp³-hybridized carbons (Fsp3) is 0.0476. The molecule has 0 radical (unpaired) electrons. The van der Waals surface area contributed by atoms with Crippen molar-refractivity contribution in [2.75, 3.05) is 10.6 Å². The molecule has 2 N–H and O–H groups in total. The first-order valence-corrected chi connectivity index (χ1v) is 8.21. The number of nitrogens with one attached hydrogen (secondary N) is 2. The van der Waals surface area contributed by atoms with E-state index in [4.69, 9.17) is 5.26 Å². The number of aromatic nitrogens is 1. The summed E-state index contributed by atoms with van der Waals surface area (Å²) >= 11 is 0. The molecule has 1 aromatic heterocycles. The number of Topliss-reactive ketones (excluding diaryl/α,β-unsaturated/α-hetero) is 1. The zero-order chi connectivity index (χ0) is 19.2. The lowest BCUT2D eigenvalue weighted by molar-refractivity contribution is 0.101. The molecule has 1 heterocycles. The highest BCUT2D eigenvalue weighted by Gasteiger charge is 2.09. The number of hydrogen-bond donors (Lipinski definition) is 2. The van der Waals surface area contributed by atoms with Crippen molar-refractivity contribution in [3.8, 4) is 6.07 Å². The van der Waals surface area contributed by atoms with Crippen molar-refractivity contribution >= 4 is 28.9 Å². The van der Waals surface area contributed by atoms with Gasteiger partial charge in [0.25, 0.3) is 5.91 Å². The normalized spacial score (nSPS) is 9.93. The summed E-state index contributed by atoms with van der Waals surface area (Å²) in [5.41, 5.74) is 2.72. The molecule has 0 unspecified atom stereocenters. The zero-order valence-electron chi connectivity index (χ0n) is 14.6. The Morgan fingerprint density at radius 1 is 0.963 bits per heavy atom. The van der Waals surface area contributed by atoms with E-state index in [-0.39, 0.29) is 11.7 Å². The van der Waals surface area contributed by atoms with E-state index in [2.05, 4.69) is 21.7 Å². The smallest absolute Gasteiger partial charge is 0.255 e. The van der Waals surface area contributed by atoms with E-state index >= 15 is 0 Å². The van der Waals surface area contributed by atoms with Crippen LogP contribution in [0.5, 0.6) is 0 Å². The van der Waals surface area contributed by atoms with Crippen molar-refractivity contribution in [3.05, 3.63) is 83.6 Å². The Hall–Kier alpha value is -3.98. The van der Waals surface area contributed by atoms with Crippen LogP contribution in [0, 0.1) is 11.3 Å². The maximum absolute atomic E-state index is 12.5. The first-order valence-electron chi connectivity index (χ1n) is 8.21. The fourth-order valence-electron chi connectivity index (χ4n) is 2.47. The first-order chi connectivity index (χ1) is 13.0. The predicted octanol–water partition coefficient (Wildman–Crippen LogP) is 4.15. The van der Waals surface area contributed by atoms with E-state index in [1.54, 1.807) is 54.6 Å². The number of nitriles is 1. The molecule has 2 aromatic carbocycles. The van der Waals surface area contributed by atoms with Crippen LogP contribution in [0.15, 0.2) is 66.9 Å². The Morgan fingerprint density at radius 3 is 2.52 bits per heavy atom. The predicted molar refractivity (Wildman–Crippen MR) is 103 cm³/mol. The molecule has 0 fully saturated rings. The number of hydrogen-bond acceptors (Lipinski definition) is 5. The molecule has 0 spiro atoms. The van der Waals surface area contributed by atoms with E-state index in [1.807, 2.05) is 6.07 Å². The maximum Gasteiger partial charge on any atom is 0.255 e. The molecule has 0 bridgehead atoms. The Morgan fingerprint density at radius 2 is 1.74 bits per heavy atom. The van der Waals surface area contributed by atoms with Crippen LogP contribution in [0.1, 0.15) is 33.2 Å². The SMILES string of the molecule is CC(=O)c1cccc(NC(=O)c2ccnc(Nc3cccc(C#N)c3)c2)c1. The second-order valence-corrected chi connectivity index (χ2v) is 5.84. The molecule has 132 valence electrons. The number of amides is 1. The molecular weight excluding hydrogens is 340 g/mol. The number of rotatable bonds is 5. The van der Waals surface area contributed by atoms with Gasteiger partial charge in [-0.1, -0.05) is 18.2 Å². The van der Waals surface area contributed by atoms with Gasteiger partial charge in [0.15, 0.2) is 5.78 Å². The van der Waals surface area contributed by atoms with Gasteiger partial charge in [-0.05, 0) is 49.4 Å². The van der Waals surface area contributed by atoms with Gasteiger partial charge >= 0.3 is 0 Å². The highest BCUT2D eigenvalue weighted by molar-refractivity contribution is 6.05. The highest BCUT2D eigenvalue weighted by atomic mass is 16.1. The van der Waals surface area contributed by atoms with Crippen molar-refractivity contribution in [2.45, 2.75) is 6.92 Å². The van der Waals surface area contributed by atoms with Crippen LogP contribution in [-0.4, -0.2) is 16.7 Å². The average molecular weight is 356 g/mol. The third-order valence-corrected chi connectivity index (χ3v) is 3.81. The minimum absolute atomic E-state index is 0.0684. The number of anilines is 3. The summed E-state index contributed by atoms with van der Waals surface area (Å²) in [7, 11) is 0. The van der Waals surface area contributed by atoms with E-state index in [0.717, 1.165) is 0 Å². The third kappa shape index (κ3) is 4.55. The molecule has 0 aliphatic heterocycles. The molecule has 0 saturated heterocycles. The second kappa shape index (κ2) is 7.93. The van der Waals surface area contributed by atoms with Crippen molar-refractivity contribution in [3.63, 3.8) is 0 Å². The quantitative estimate of drug-likeness (QED) is 0.670. The zero-order valence-corrected chi connectivity index (χ0v) is 14.6. The van der Waals surface area contributed by atoms with Gasteiger partial charge in [0.1, 0.15) is 5.82 Å². The van der Waals surface area contributed by atoms with E-state index in [9.17, 15) is 9.59 Å². The van der Waals surface area contributed by atoms with Crippen LogP contribution in [-0.2, 0) is 0 Å². The molecule has 3 rings (SSSR count). The van der Waals surface area contributed by atoms with Crippen LogP contribution in [0.25, 0.3) is 0 Å². The van der Waals surface area contributed by atoms with Crippen LogP contribution >= 0.6 is 0 Å².